The lowest BCUT2D eigenvalue weighted by molar-refractivity contribution is -0.129. The van der Waals surface area contributed by atoms with E-state index in [9.17, 15) is 9.59 Å². The van der Waals surface area contributed by atoms with Gasteiger partial charge in [0.15, 0.2) is 5.71 Å². The molecule has 17 heavy (non-hydrogen) atoms. The van der Waals surface area contributed by atoms with Crippen molar-refractivity contribution in [2.75, 3.05) is 0 Å². The molecule has 1 aromatic carbocycles. The number of urea groups is 1. The zero-order valence-corrected chi connectivity index (χ0v) is 8.83. The van der Waals surface area contributed by atoms with Crippen molar-refractivity contribution < 1.29 is 14.7 Å². The zero-order chi connectivity index (χ0) is 12.7. The fourth-order valence-corrected chi connectivity index (χ4v) is 1.01. The molecule has 1 rings (SSSR count). The van der Waals surface area contributed by atoms with Crippen molar-refractivity contribution >= 4 is 23.8 Å². The van der Waals surface area contributed by atoms with Crippen molar-refractivity contribution in [2.24, 2.45) is 10.8 Å². The van der Waals surface area contributed by atoms with E-state index in [0.717, 1.165) is 5.56 Å². The molecule has 2 amide bonds. The molecule has 0 atom stereocenters. The van der Waals surface area contributed by atoms with Gasteiger partial charge in [-0.2, -0.15) is 5.10 Å². The number of amides is 2. The van der Waals surface area contributed by atoms with E-state index in [1.54, 1.807) is 18.2 Å². The molecule has 0 saturated carbocycles. The van der Waals surface area contributed by atoms with E-state index in [2.05, 4.69) is 5.10 Å². The van der Waals surface area contributed by atoms with Crippen molar-refractivity contribution in [1.29, 1.82) is 0 Å². The monoisotopic (exact) mass is 233 g/mol. The number of aliphatic carboxylic acids is 1. The van der Waals surface area contributed by atoms with Gasteiger partial charge in [0.25, 0.3) is 0 Å². The molecule has 0 fully saturated rings. The Balaban J connectivity index is 2.81. The number of primary amides is 1. The molecule has 0 aromatic heterocycles. The first-order valence-electron chi connectivity index (χ1n) is 4.69. The van der Waals surface area contributed by atoms with Crippen LogP contribution in [0.3, 0.4) is 0 Å². The zero-order valence-electron chi connectivity index (χ0n) is 8.83. The Morgan fingerprint density at radius 2 is 1.94 bits per heavy atom. The maximum absolute atomic E-state index is 10.8. The number of nitrogens with one attached hydrogen (secondary N) is 1. The highest BCUT2D eigenvalue weighted by Gasteiger charge is 2.05. The van der Waals surface area contributed by atoms with Gasteiger partial charge in [-0.05, 0) is 11.6 Å². The number of nitrogens with zero attached hydrogens (tertiary/aromatic N) is 1. The predicted molar refractivity (Wildman–Crippen MR) is 63.3 cm³/mol. The minimum absolute atomic E-state index is 0.312. The molecule has 1 aromatic rings. The first kappa shape index (κ1) is 12.4. The number of hydrogen-bond donors (Lipinski definition) is 3. The Hall–Kier alpha value is -2.63. The minimum atomic E-state index is -1.26. The lowest BCUT2D eigenvalue weighted by atomic mass is 10.2. The summed E-state index contributed by atoms with van der Waals surface area (Å²) in [6.07, 6.45) is 2.84. The molecule has 0 spiro atoms. The molecular weight excluding hydrogens is 222 g/mol. The van der Waals surface area contributed by atoms with Gasteiger partial charge in [0.05, 0.1) is 0 Å². The predicted octanol–water partition coefficient (Wildman–Crippen LogP) is 0.809. The molecule has 0 bridgehead atoms. The second kappa shape index (κ2) is 6.06. The minimum Gasteiger partial charge on any atom is -0.476 e. The number of carbonyl (C=O) groups is 2. The van der Waals surface area contributed by atoms with Crippen LogP contribution in [0, 0.1) is 0 Å². The van der Waals surface area contributed by atoms with E-state index in [1.807, 2.05) is 23.6 Å². The summed E-state index contributed by atoms with van der Waals surface area (Å²) in [4.78, 5) is 21.1. The van der Waals surface area contributed by atoms with Crippen LogP contribution in [0.15, 0.2) is 41.5 Å². The Kier molecular flexibility index (Phi) is 4.44. The Labute approximate surface area is 97.4 Å². The molecule has 0 aliphatic heterocycles. The number of benzene rings is 1. The van der Waals surface area contributed by atoms with E-state index >= 15 is 0 Å². The van der Waals surface area contributed by atoms with Crippen molar-refractivity contribution in [1.82, 2.24) is 5.43 Å². The molecule has 4 N–H and O–H groups in total. The van der Waals surface area contributed by atoms with Crippen LogP contribution in [0.25, 0.3) is 6.08 Å². The molecule has 0 heterocycles. The van der Waals surface area contributed by atoms with Crippen molar-refractivity contribution in [3.8, 4) is 0 Å². The highest BCUT2D eigenvalue weighted by atomic mass is 16.4. The van der Waals surface area contributed by atoms with Crippen LogP contribution in [-0.4, -0.2) is 22.8 Å². The molecule has 88 valence electrons. The second-order valence-electron chi connectivity index (χ2n) is 3.02. The molecule has 0 radical (unpaired) electrons. The number of carboxylic acid groups (broad SMARTS) is 1. The summed E-state index contributed by atoms with van der Waals surface area (Å²) >= 11 is 0. The first-order chi connectivity index (χ1) is 8.09. The van der Waals surface area contributed by atoms with Crippen LogP contribution >= 0.6 is 0 Å². The summed E-state index contributed by atoms with van der Waals surface area (Å²) in [7, 11) is 0. The third-order valence-electron chi connectivity index (χ3n) is 1.74. The average Bonchev–Trinajstić information content (AvgIpc) is 2.29. The maximum atomic E-state index is 10.8. The topological polar surface area (TPSA) is 105 Å². The number of hydrogen-bond acceptors (Lipinski definition) is 3. The molecule has 6 nitrogen and oxygen atoms in total. The standard InChI is InChI=1S/C11H11N3O3/c12-11(17)14-13-9(10(15)16)7-6-8-4-2-1-3-5-8/h1-7H,(H,15,16)(H3,12,14,17). The van der Waals surface area contributed by atoms with Crippen molar-refractivity contribution in [3.05, 3.63) is 42.0 Å². The van der Waals surface area contributed by atoms with Gasteiger partial charge in [0, 0.05) is 0 Å². The largest absolute Gasteiger partial charge is 0.476 e. The van der Waals surface area contributed by atoms with Crippen LogP contribution in [0.5, 0.6) is 0 Å². The van der Waals surface area contributed by atoms with Gasteiger partial charge >= 0.3 is 12.0 Å². The lowest BCUT2D eigenvalue weighted by Gasteiger charge is -1.96. The van der Waals surface area contributed by atoms with Crippen molar-refractivity contribution in [2.45, 2.75) is 0 Å². The Bertz CT molecular complexity index is 466. The average molecular weight is 233 g/mol. The summed E-state index contributed by atoms with van der Waals surface area (Å²) in [5.74, 6) is -1.26. The van der Waals surface area contributed by atoms with E-state index < -0.39 is 12.0 Å². The van der Waals surface area contributed by atoms with Gasteiger partial charge in [-0.3, -0.25) is 0 Å². The first-order valence-corrected chi connectivity index (χ1v) is 4.69. The lowest BCUT2D eigenvalue weighted by Crippen LogP contribution is -2.27. The molecule has 0 aliphatic rings. The smallest absolute Gasteiger partial charge is 0.356 e. The van der Waals surface area contributed by atoms with Gasteiger partial charge < -0.3 is 10.8 Å². The third-order valence-corrected chi connectivity index (χ3v) is 1.74. The van der Waals surface area contributed by atoms with E-state index in [1.165, 1.54) is 6.08 Å². The highest BCUT2D eigenvalue weighted by molar-refractivity contribution is 6.41. The number of carboxylic acids is 1. The molecular formula is C11H11N3O3. The summed E-state index contributed by atoms with van der Waals surface area (Å²) in [6.45, 7) is 0. The summed E-state index contributed by atoms with van der Waals surface area (Å²) in [5.41, 5.74) is 7.14. The van der Waals surface area contributed by atoms with Crippen LogP contribution in [0.4, 0.5) is 4.79 Å². The maximum Gasteiger partial charge on any atom is 0.356 e. The van der Waals surface area contributed by atoms with Crippen molar-refractivity contribution in [3.63, 3.8) is 0 Å². The van der Waals surface area contributed by atoms with Crippen LogP contribution in [-0.2, 0) is 4.79 Å². The summed E-state index contributed by atoms with van der Waals surface area (Å²) < 4.78 is 0. The Morgan fingerprint density at radius 3 is 2.47 bits per heavy atom. The molecule has 0 saturated heterocycles. The fourth-order valence-electron chi connectivity index (χ4n) is 1.01. The number of rotatable bonds is 4. The normalized spacial score (nSPS) is 11.4. The van der Waals surface area contributed by atoms with Gasteiger partial charge in [0.2, 0.25) is 0 Å². The number of hydrazone groups is 1. The summed E-state index contributed by atoms with van der Waals surface area (Å²) in [6, 6.07) is 8.17. The highest BCUT2D eigenvalue weighted by Crippen LogP contribution is 2.01. The summed E-state index contributed by atoms with van der Waals surface area (Å²) in [5, 5.41) is 12.1. The van der Waals surface area contributed by atoms with E-state index in [-0.39, 0.29) is 5.71 Å². The molecule has 0 aliphatic carbocycles. The Morgan fingerprint density at radius 1 is 1.29 bits per heavy atom. The second-order valence-corrected chi connectivity index (χ2v) is 3.02. The van der Waals surface area contributed by atoms with E-state index in [4.69, 9.17) is 10.8 Å². The van der Waals surface area contributed by atoms with Crippen LogP contribution in [0.2, 0.25) is 0 Å². The quantitative estimate of drug-likeness (QED) is 0.529. The SMILES string of the molecule is NC(=O)NN=C(C=Cc1ccccc1)C(=O)O. The van der Waals surface area contributed by atoms with Crippen LogP contribution in [0.1, 0.15) is 5.56 Å². The third kappa shape index (κ3) is 4.61. The van der Waals surface area contributed by atoms with Gasteiger partial charge in [-0.1, -0.05) is 36.4 Å². The van der Waals surface area contributed by atoms with Gasteiger partial charge in [-0.15, -0.1) is 0 Å². The fraction of sp³-hybridized carbons (Fsp3) is 0. The number of carbonyl (C=O) groups excluding carboxylic acids is 1. The van der Waals surface area contributed by atoms with E-state index in [0.29, 0.717) is 0 Å². The van der Waals surface area contributed by atoms with Gasteiger partial charge in [-0.25, -0.2) is 15.0 Å². The van der Waals surface area contributed by atoms with Gasteiger partial charge in [0.1, 0.15) is 0 Å². The van der Waals surface area contributed by atoms with Crippen LogP contribution < -0.4 is 11.2 Å². The molecule has 0 unspecified atom stereocenters. The molecule has 6 heteroatoms. The number of nitrogens with two attached hydrogens (primary N) is 1.